The minimum absolute atomic E-state index is 0.00820. The van der Waals surface area contributed by atoms with Crippen molar-refractivity contribution in [3.05, 3.63) is 0 Å². The van der Waals surface area contributed by atoms with Crippen molar-refractivity contribution in [2.75, 3.05) is 41.5 Å². The van der Waals surface area contributed by atoms with Crippen LogP contribution in [0.1, 0.15) is 51.4 Å². The van der Waals surface area contributed by atoms with Crippen LogP contribution in [0, 0.1) is 11.8 Å². The lowest BCUT2D eigenvalue weighted by atomic mass is 9.81. The maximum Gasteiger partial charge on any atom is 0.223 e. The topological polar surface area (TPSA) is 95.1 Å². The summed E-state index contributed by atoms with van der Waals surface area (Å²) in [5.74, 6) is 0.202. The molecule has 0 heterocycles. The van der Waals surface area contributed by atoms with Crippen molar-refractivity contribution in [3.63, 3.8) is 0 Å². The first-order valence-electron chi connectivity index (χ1n) is 10.2. The Kier molecular flexibility index (Phi) is 13.1. The average molecular weight is 403 g/mol. The molecule has 1 fully saturated rings. The monoisotopic (exact) mass is 402 g/mol. The highest BCUT2D eigenvalue weighted by Gasteiger charge is 2.29. The van der Waals surface area contributed by atoms with Gasteiger partial charge in [-0.3, -0.25) is 9.59 Å². The van der Waals surface area contributed by atoms with Gasteiger partial charge in [0.1, 0.15) is 0 Å². The molecule has 164 valence electrons. The molecule has 0 spiro atoms. The second-order valence-corrected chi connectivity index (χ2v) is 7.22. The lowest BCUT2D eigenvalue weighted by Gasteiger charge is -2.27. The first-order valence-corrected chi connectivity index (χ1v) is 10.2. The van der Waals surface area contributed by atoms with Gasteiger partial charge < -0.3 is 29.6 Å². The summed E-state index contributed by atoms with van der Waals surface area (Å²) >= 11 is 0. The van der Waals surface area contributed by atoms with Crippen LogP contribution in [0.2, 0.25) is 0 Å². The predicted octanol–water partition coefficient (Wildman–Crippen LogP) is 1.82. The molecule has 8 heteroatoms. The molecule has 1 aliphatic rings. The van der Waals surface area contributed by atoms with E-state index in [1.54, 1.807) is 28.4 Å². The van der Waals surface area contributed by atoms with Gasteiger partial charge in [-0.05, 0) is 38.5 Å². The van der Waals surface area contributed by atoms with Crippen LogP contribution in [0.25, 0.3) is 0 Å². The van der Waals surface area contributed by atoms with Crippen molar-refractivity contribution in [1.29, 1.82) is 0 Å². The fourth-order valence-corrected chi connectivity index (χ4v) is 3.53. The summed E-state index contributed by atoms with van der Waals surface area (Å²) < 4.78 is 20.5. The number of carbonyl (C=O) groups is 2. The highest BCUT2D eigenvalue weighted by Crippen LogP contribution is 2.29. The van der Waals surface area contributed by atoms with Gasteiger partial charge in [-0.2, -0.15) is 0 Å². The van der Waals surface area contributed by atoms with Gasteiger partial charge in [0.25, 0.3) is 0 Å². The van der Waals surface area contributed by atoms with Gasteiger partial charge in [0.15, 0.2) is 12.6 Å². The smallest absolute Gasteiger partial charge is 0.223 e. The van der Waals surface area contributed by atoms with Crippen LogP contribution in [0.5, 0.6) is 0 Å². The highest BCUT2D eigenvalue weighted by atomic mass is 16.7. The second kappa shape index (κ2) is 14.7. The van der Waals surface area contributed by atoms with Gasteiger partial charge >= 0.3 is 0 Å². The number of amides is 2. The SMILES string of the molecule is COC(CCCNC(=O)C1CCC(C(=O)NCCCC(OC)OC)CC1)OC. The van der Waals surface area contributed by atoms with Gasteiger partial charge in [0.05, 0.1) is 0 Å². The zero-order chi connectivity index (χ0) is 20.8. The fourth-order valence-electron chi connectivity index (χ4n) is 3.53. The molecule has 28 heavy (non-hydrogen) atoms. The van der Waals surface area contributed by atoms with Crippen LogP contribution >= 0.6 is 0 Å². The molecule has 0 atom stereocenters. The minimum Gasteiger partial charge on any atom is -0.356 e. The first-order chi connectivity index (χ1) is 13.5. The summed E-state index contributed by atoms with van der Waals surface area (Å²) in [5, 5.41) is 5.98. The van der Waals surface area contributed by atoms with Gasteiger partial charge in [-0.15, -0.1) is 0 Å². The molecule has 2 amide bonds. The quantitative estimate of drug-likeness (QED) is 0.340. The normalized spacial score (nSPS) is 19.8. The van der Waals surface area contributed by atoms with Crippen LogP contribution in [-0.4, -0.2) is 65.9 Å². The van der Waals surface area contributed by atoms with E-state index < -0.39 is 0 Å². The number of ether oxygens (including phenoxy) is 4. The molecule has 0 aromatic heterocycles. The van der Waals surface area contributed by atoms with E-state index in [0.717, 1.165) is 51.4 Å². The lowest BCUT2D eigenvalue weighted by Crippen LogP contribution is -2.38. The Morgan fingerprint density at radius 2 is 1.04 bits per heavy atom. The third kappa shape index (κ3) is 9.32. The molecule has 1 rings (SSSR count). The van der Waals surface area contributed by atoms with E-state index in [9.17, 15) is 9.59 Å². The summed E-state index contributed by atoms with van der Waals surface area (Å²) in [6.45, 7) is 1.23. The standard InChI is InChI=1S/C20H38N2O6/c1-25-17(26-2)7-5-13-21-19(23)15-9-11-16(12-10-15)20(24)22-14-6-8-18(27-3)28-4/h15-18H,5-14H2,1-4H3,(H,21,23)(H,22,24). The Labute approximate surface area is 169 Å². The van der Waals surface area contributed by atoms with Gasteiger partial charge in [0.2, 0.25) is 11.8 Å². The molecule has 1 saturated carbocycles. The molecule has 8 nitrogen and oxygen atoms in total. The van der Waals surface area contributed by atoms with Gasteiger partial charge in [-0.1, -0.05) is 0 Å². The van der Waals surface area contributed by atoms with Crippen molar-refractivity contribution in [3.8, 4) is 0 Å². The van der Waals surface area contributed by atoms with E-state index in [1.165, 1.54) is 0 Å². The molecule has 0 aromatic rings. The van der Waals surface area contributed by atoms with Crippen LogP contribution in [0.15, 0.2) is 0 Å². The van der Waals surface area contributed by atoms with Crippen molar-refractivity contribution >= 4 is 11.8 Å². The Morgan fingerprint density at radius 3 is 1.32 bits per heavy atom. The number of methoxy groups -OCH3 is 4. The molecular formula is C20H38N2O6. The van der Waals surface area contributed by atoms with E-state index in [0.29, 0.717) is 13.1 Å². The summed E-state index contributed by atoms with van der Waals surface area (Å²) in [4.78, 5) is 24.6. The van der Waals surface area contributed by atoms with Crippen LogP contribution in [0.4, 0.5) is 0 Å². The number of hydrogen-bond acceptors (Lipinski definition) is 6. The Balaban J connectivity index is 2.16. The minimum atomic E-state index is -0.222. The van der Waals surface area contributed by atoms with E-state index >= 15 is 0 Å². The van der Waals surface area contributed by atoms with Crippen molar-refractivity contribution in [1.82, 2.24) is 10.6 Å². The van der Waals surface area contributed by atoms with Crippen molar-refractivity contribution in [2.45, 2.75) is 63.9 Å². The maximum atomic E-state index is 12.3. The van der Waals surface area contributed by atoms with Gasteiger partial charge in [-0.25, -0.2) is 0 Å². The average Bonchev–Trinajstić information content (AvgIpc) is 2.73. The van der Waals surface area contributed by atoms with E-state index in [2.05, 4.69) is 10.6 Å². The fraction of sp³-hybridized carbons (Fsp3) is 0.900. The molecular weight excluding hydrogens is 364 g/mol. The summed E-state index contributed by atoms with van der Waals surface area (Å²) in [7, 11) is 6.43. The molecule has 0 radical (unpaired) electrons. The Hall–Kier alpha value is -1.22. The number of hydrogen-bond donors (Lipinski definition) is 2. The van der Waals surface area contributed by atoms with Crippen LogP contribution < -0.4 is 10.6 Å². The molecule has 0 saturated heterocycles. The lowest BCUT2D eigenvalue weighted by molar-refractivity contribution is -0.130. The van der Waals surface area contributed by atoms with Crippen LogP contribution in [-0.2, 0) is 28.5 Å². The van der Waals surface area contributed by atoms with Crippen LogP contribution in [0.3, 0.4) is 0 Å². The Bertz CT molecular complexity index is 392. The Morgan fingerprint density at radius 1 is 0.714 bits per heavy atom. The van der Waals surface area contributed by atoms with E-state index in [1.807, 2.05) is 0 Å². The molecule has 1 aliphatic carbocycles. The van der Waals surface area contributed by atoms with Gasteiger partial charge in [0, 0.05) is 66.2 Å². The zero-order valence-corrected chi connectivity index (χ0v) is 17.8. The third-order valence-corrected chi connectivity index (χ3v) is 5.35. The molecule has 2 N–H and O–H groups in total. The first kappa shape index (κ1) is 24.8. The number of nitrogens with one attached hydrogen (secondary N) is 2. The van der Waals surface area contributed by atoms with Crippen molar-refractivity contribution in [2.24, 2.45) is 11.8 Å². The molecule has 0 bridgehead atoms. The molecule has 0 aliphatic heterocycles. The molecule has 0 aromatic carbocycles. The predicted molar refractivity (Wildman–Crippen MR) is 106 cm³/mol. The third-order valence-electron chi connectivity index (χ3n) is 5.35. The summed E-state index contributed by atoms with van der Waals surface area (Å²) in [6, 6.07) is 0. The summed E-state index contributed by atoms with van der Waals surface area (Å²) in [5.41, 5.74) is 0. The molecule has 0 unspecified atom stereocenters. The second-order valence-electron chi connectivity index (χ2n) is 7.22. The number of rotatable bonds is 14. The number of carbonyl (C=O) groups excluding carboxylic acids is 2. The van der Waals surface area contributed by atoms with E-state index in [-0.39, 0.29) is 36.2 Å². The van der Waals surface area contributed by atoms with E-state index in [4.69, 9.17) is 18.9 Å². The highest BCUT2D eigenvalue weighted by molar-refractivity contribution is 5.81. The maximum absolute atomic E-state index is 12.3. The summed E-state index contributed by atoms with van der Waals surface area (Å²) in [6.07, 6.45) is 5.71. The zero-order valence-electron chi connectivity index (χ0n) is 17.8. The van der Waals surface area contributed by atoms with Crippen molar-refractivity contribution < 1.29 is 28.5 Å². The largest absolute Gasteiger partial charge is 0.356 e.